The van der Waals surface area contributed by atoms with Crippen molar-refractivity contribution in [1.82, 2.24) is 9.88 Å². The van der Waals surface area contributed by atoms with Gasteiger partial charge in [-0.3, -0.25) is 14.2 Å². The maximum atomic E-state index is 13.8. The Hall–Kier alpha value is -3.20. The highest BCUT2D eigenvalue weighted by atomic mass is 32.2. The second kappa shape index (κ2) is 11.3. The number of nitrogens with zero attached hydrogens (tertiary/aromatic N) is 3. The molecule has 2 heterocycles. The van der Waals surface area contributed by atoms with Crippen LogP contribution in [0.5, 0.6) is 5.75 Å². The van der Waals surface area contributed by atoms with Crippen LogP contribution >= 0.6 is 0 Å². The van der Waals surface area contributed by atoms with Gasteiger partial charge in [-0.15, -0.1) is 0 Å². The number of para-hydroxylation sites is 1. The fraction of sp³-hybridized carbons (Fsp3) is 0.269. The number of sulfonamides is 1. The Morgan fingerprint density at radius 1 is 1.00 bits per heavy atom. The molecule has 0 radical (unpaired) electrons. The summed E-state index contributed by atoms with van der Waals surface area (Å²) in [6, 6.07) is 17.9. The van der Waals surface area contributed by atoms with Crippen molar-refractivity contribution in [3.63, 3.8) is 0 Å². The van der Waals surface area contributed by atoms with Gasteiger partial charge in [-0.05, 0) is 53.6 Å². The Balaban J connectivity index is 1.69. The number of pyridine rings is 1. The lowest BCUT2D eigenvalue weighted by atomic mass is 10.1. The summed E-state index contributed by atoms with van der Waals surface area (Å²) in [6.07, 6.45) is 7.36. The lowest BCUT2D eigenvalue weighted by Crippen LogP contribution is -2.43. The molecule has 2 aromatic carbocycles. The molecule has 1 saturated heterocycles. The highest BCUT2D eigenvalue weighted by Gasteiger charge is 2.27. The summed E-state index contributed by atoms with van der Waals surface area (Å²) < 4.78 is 39.8. The van der Waals surface area contributed by atoms with Crippen molar-refractivity contribution in [2.45, 2.75) is 4.90 Å². The molecule has 0 spiro atoms. The van der Waals surface area contributed by atoms with E-state index in [-0.39, 0.29) is 4.90 Å². The van der Waals surface area contributed by atoms with Gasteiger partial charge >= 0.3 is 0 Å². The molecule has 0 amide bonds. The van der Waals surface area contributed by atoms with Crippen molar-refractivity contribution in [2.24, 2.45) is 0 Å². The lowest BCUT2D eigenvalue weighted by molar-refractivity contribution is 0.0395. The van der Waals surface area contributed by atoms with Crippen LogP contribution in [0.15, 0.2) is 78.0 Å². The van der Waals surface area contributed by atoms with Gasteiger partial charge in [0.1, 0.15) is 5.75 Å². The Kier molecular flexibility index (Phi) is 7.95. The summed E-state index contributed by atoms with van der Waals surface area (Å²) in [5, 5.41) is 0. The van der Waals surface area contributed by atoms with Gasteiger partial charge in [-0.25, -0.2) is 8.42 Å². The molecular formula is C26H29N3O4S. The molecule has 0 N–H and O–H groups in total. The summed E-state index contributed by atoms with van der Waals surface area (Å²) in [7, 11) is -2.25. The Morgan fingerprint density at radius 2 is 1.71 bits per heavy atom. The standard InChI is InChI=1S/C26H29N3O4S/c1-32-24-8-10-25(11-9-24)34(30,31)29(17-16-28-18-20-33-21-19-28)26-5-3-2-4-23(26)7-6-22-12-14-27-15-13-22/h2-15H,16-21H2,1H3/b7-6+. The molecule has 0 unspecified atom stereocenters. The fourth-order valence-electron chi connectivity index (χ4n) is 3.82. The largest absolute Gasteiger partial charge is 0.497 e. The van der Waals surface area contributed by atoms with E-state index in [0.717, 1.165) is 24.2 Å². The monoisotopic (exact) mass is 479 g/mol. The van der Waals surface area contributed by atoms with Crippen molar-refractivity contribution >= 4 is 27.9 Å². The first-order chi connectivity index (χ1) is 16.6. The van der Waals surface area contributed by atoms with Gasteiger partial charge in [0, 0.05) is 38.6 Å². The predicted molar refractivity (Wildman–Crippen MR) is 134 cm³/mol. The summed E-state index contributed by atoms with van der Waals surface area (Å²) in [5.74, 6) is 0.611. The van der Waals surface area contributed by atoms with E-state index in [1.807, 2.05) is 48.6 Å². The van der Waals surface area contributed by atoms with Crippen LogP contribution in [0.4, 0.5) is 5.69 Å². The quantitative estimate of drug-likeness (QED) is 0.465. The molecule has 7 nitrogen and oxygen atoms in total. The van der Waals surface area contributed by atoms with E-state index in [1.54, 1.807) is 43.8 Å². The molecule has 34 heavy (non-hydrogen) atoms. The van der Waals surface area contributed by atoms with Crippen molar-refractivity contribution in [1.29, 1.82) is 0 Å². The highest BCUT2D eigenvalue weighted by molar-refractivity contribution is 7.92. The maximum absolute atomic E-state index is 13.8. The van der Waals surface area contributed by atoms with Crippen molar-refractivity contribution in [3.8, 4) is 5.75 Å². The molecule has 1 fully saturated rings. The topological polar surface area (TPSA) is 72.0 Å². The minimum Gasteiger partial charge on any atom is -0.497 e. The minimum absolute atomic E-state index is 0.225. The molecule has 1 aliphatic heterocycles. The second-order valence-electron chi connectivity index (χ2n) is 7.88. The SMILES string of the molecule is COc1ccc(S(=O)(=O)N(CCN2CCOCC2)c2ccccc2/C=C/c2ccncc2)cc1. The van der Waals surface area contributed by atoms with Crippen molar-refractivity contribution in [3.05, 3.63) is 84.2 Å². The van der Waals surface area contributed by atoms with Crippen LogP contribution in [0.25, 0.3) is 12.2 Å². The van der Waals surface area contributed by atoms with E-state index < -0.39 is 10.0 Å². The number of anilines is 1. The number of hydrogen-bond acceptors (Lipinski definition) is 6. The van der Waals surface area contributed by atoms with E-state index in [0.29, 0.717) is 37.7 Å². The number of rotatable bonds is 9. The van der Waals surface area contributed by atoms with Gasteiger partial charge in [0.15, 0.2) is 0 Å². The smallest absolute Gasteiger partial charge is 0.264 e. The number of morpholine rings is 1. The number of benzene rings is 2. The molecule has 178 valence electrons. The van der Waals surface area contributed by atoms with Gasteiger partial charge in [0.05, 0.1) is 30.9 Å². The molecule has 3 aromatic rings. The molecule has 0 aliphatic carbocycles. The predicted octanol–water partition coefficient (Wildman–Crippen LogP) is 3.79. The van der Waals surface area contributed by atoms with Gasteiger partial charge in [0.2, 0.25) is 0 Å². The van der Waals surface area contributed by atoms with Gasteiger partial charge in [0.25, 0.3) is 10.0 Å². The van der Waals surface area contributed by atoms with Crippen LogP contribution in [0.2, 0.25) is 0 Å². The third-order valence-corrected chi connectivity index (χ3v) is 7.56. The molecule has 0 atom stereocenters. The summed E-state index contributed by atoms with van der Waals surface area (Å²) in [4.78, 5) is 6.51. The van der Waals surface area contributed by atoms with Gasteiger partial charge < -0.3 is 9.47 Å². The molecule has 0 saturated carbocycles. The first-order valence-corrected chi connectivity index (χ1v) is 12.7. The zero-order chi connectivity index (χ0) is 23.8. The number of methoxy groups -OCH3 is 1. The number of hydrogen-bond donors (Lipinski definition) is 0. The van der Waals surface area contributed by atoms with Crippen LogP contribution < -0.4 is 9.04 Å². The Bertz CT molecular complexity index is 1190. The molecule has 4 rings (SSSR count). The molecule has 1 aromatic heterocycles. The molecule has 0 bridgehead atoms. The van der Waals surface area contributed by atoms with Crippen LogP contribution in [0.1, 0.15) is 11.1 Å². The van der Waals surface area contributed by atoms with Gasteiger partial charge in [-0.2, -0.15) is 0 Å². The van der Waals surface area contributed by atoms with Crippen LogP contribution in [-0.2, 0) is 14.8 Å². The Morgan fingerprint density at radius 3 is 2.41 bits per heavy atom. The summed E-state index contributed by atoms with van der Waals surface area (Å²) >= 11 is 0. The third-order valence-electron chi connectivity index (χ3n) is 5.74. The van der Waals surface area contributed by atoms with E-state index in [1.165, 1.54) is 4.31 Å². The normalized spacial score (nSPS) is 14.9. The summed E-state index contributed by atoms with van der Waals surface area (Å²) in [5.41, 5.74) is 2.44. The zero-order valence-corrected chi connectivity index (χ0v) is 20.0. The zero-order valence-electron chi connectivity index (χ0n) is 19.2. The van der Waals surface area contributed by atoms with Crippen molar-refractivity contribution < 1.29 is 17.9 Å². The average molecular weight is 480 g/mol. The Labute approximate surface area is 201 Å². The fourth-order valence-corrected chi connectivity index (χ4v) is 5.30. The van der Waals surface area contributed by atoms with Crippen LogP contribution in [0, 0.1) is 0 Å². The van der Waals surface area contributed by atoms with Gasteiger partial charge in [-0.1, -0.05) is 30.4 Å². The molecule has 1 aliphatic rings. The minimum atomic E-state index is -3.81. The van der Waals surface area contributed by atoms with Crippen LogP contribution in [0.3, 0.4) is 0 Å². The van der Waals surface area contributed by atoms with Crippen molar-refractivity contribution in [2.75, 3.05) is 50.8 Å². The van der Waals surface area contributed by atoms with E-state index in [9.17, 15) is 8.42 Å². The third kappa shape index (κ3) is 5.83. The number of ether oxygens (including phenoxy) is 2. The van der Waals surface area contributed by atoms with E-state index in [2.05, 4.69) is 9.88 Å². The highest BCUT2D eigenvalue weighted by Crippen LogP contribution is 2.29. The summed E-state index contributed by atoms with van der Waals surface area (Å²) in [6.45, 7) is 3.85. The number of aromatic nitrogens is 1. The maximum Gasteiger partial charge on any atom is 0.264 e. The second-order valence-corrected chi connectivity index (χ2v) is 9.74. The molecule has 8 heteroatoms. The first-order valence-electron chi connectivity index (χ1n) is 11.2. The van der Waals surface area contributed by atoms with E-state index in [4.69, 9.17) is 9.47 Å². The average Bonchev–Trinajstić information content (AvgIpc) is 2.89. The first kappa shape index (κ1) is 23.9. The lowest BCUT2D eigenvalue weighted by Gasteiger charge is -2.31. The van der Waals surface area contributed by atoms with Crippen LogP contribution in [-0.4, -0.2) is 64.8 Å². The molecular weight excluding hydrogens is 450 g/mol. The van der Waals surface area contributed by atoms with E-state index >= 15 is 0 Å².